The van der Waals surface area contributed by atoms with Gasteiger partial charge in [-0.15, -0.1) is 0 Å². The van der Waals surface area contributed by atoms with E-state index in [1.54, 1.807) is 25.2 Å². The van der Waals surface area contributed by atoms with Crippen LogP contribution in [0.4, 0.5) is 5.69 Å². The van der Waals surface area contributed by atoms with Crippen LogP contribution in [0.15, 0.2) is 41.3 Å². The molecule has 0 radical (unpaired) electrons. The Labute approximate surface area is 126 Å². The van der Waals surface area contributed by atoms with Gasteiger partial charge < -0.3 is 5.73 Å². The summed E-state index contributed by atoms with van der Waals surface area (Å²) in [7, 11) is -1.87. The lowest BCUT2D eigenvalue weighted by molar-refractivity contribution is 0.428. The van der Waals surface area contributed by atoms with Crippen molar-refractivity contribution < 1.29 is 8.42 Å². The Bertz CT molecular complexity index is 739. The molecule has 21 heavy (non-hydrogen) atoms. The second kappa shape index (κ2) is 6.03. The van der Waals surface area contributed by atoms with E-state index in [9.17, 15) is 8.42 Å². The largest absolute Gasteiger partial charge is 0.398 e. The lowest BCUT2D eigenvalue weighted by atomic mass is 10.1. The van der Waals surface area contributed by atoms with E-state index < -0.39 is 10.0 Å². The van der Waals surface area contributed by atoms with Gasteiger partial charge in [0, 0.05) is 30.1 Å². The third kappa shape index (κ3) is 3.19. The van der Waals surface area contributed by atoms with E-state index in [1.807, 2.05) is 18.2 Å². The van der Waals surface area contributed by atoms with E-state index in [-0.39, 0.29) is 0 Å². The summed E-state index contributed by atoms with van der Waals surface area (Å²) < 4.78 is 26.9. The lowest BCUT2D eigenvalue weighted by Crippen LogP contribution is -2.28. The van der Waals surface area contributed by atoms with E-state index in [2.05, 4.69) is 13.8 Å². The Morgan fingerprint density at radius 1 is 1.10 bits per heavy atom. The number of anilines is 1. The molecule has 2 aromatic carbocycles. The molecule has 5 heteroatoms. The normalized spacial score (nSPS) is 12.4. The van der Waals surface area contributed by atoms with Crippen LogP contribution in [-0.2, 0) is 10.0 Å². The molecule has 0 spiro atoms. The van der Waals surface area contributed by atoms with Gasteiger partial charge in [-0.3, -0.25) is 0 Å². The maximum absolute atomic E-state index is 12.8. The fraction of sp³-hybridized carbons (Fsp3) is 0.375. The topological polar surface area (TPSA) is 63.4 Å². The number of nitrogens with two attached hydrogens (primary N) is 1. The maximum atomic E-state index is 12.8. The Hall–Kier alpha value is -1.59. The number of hydrogen-bond donors (Lipinski definition) is 1. The molecule has 0 heterocycles. The minimum Gasteiger partial charge on any atom is -0.398 e. The highest BCUT2D eigenvalue weighted by atomic mass is 32.2. The van der Waals surface area contributed by atoms with Crippen LogP contribution in [0, 0.1) is 5.92 Å². The minimum atomic E-state index is -3.50. The summed E-state index contributed by atoms with van der Waals surface area (Å²) in [5.41, 5.74) is 6.53. The molecule has 0 bridgehead atoms. The Kier molecular flexibility index (Phi) is 4.54. The van der Waals surface area contributed by atoms with Crippen LogP contribution >= 0.6 is 0 Å². The second-order valence-corrected chi connectivity index (χ2v) is 7.72. The van der Waals surface area contributed by atoms with Gasteiger partial charge in [-0.2, -0.15) is 0 Å². The maximum Gasteiger partial charge on any atom is 0.243 e. The van der Waals surface area contributed by atoms with E-state index in [1.165, 1.54) is 4.31 Å². The average molecular weight is 306 g/mol. The van der Waals surface area contributed by atoms with Gasteiger partial charge in [0.2, 0.25) is 10.0 Å². The molecule has 4 nitrogen and oxygen atoms in total. The standard InChI is InChI=1S/C16H22N2O2S/c1-12(2)10-11-18(3)21(19,20)16-9-8-15(17)13-6-4-5-7-14(13)16/h4-9,12H,10-11,17H2,1-3H3. The molecule has 0 unspecified atom stereocenters. The van der Waals surface area contributed by atoms with Crippen molar-refractivity contribution in [3.8, 4) is 0 Å². The molecule has 2 aromatic rings. The molecular formula is C16H22N2O2S. The van der Waals surface area contributed by atoms with Crippen LogP contribution in [-0.4, -0.2) is 26.3 Å². The van der Waals surface area contributed by atoms with Crippen LogP contribution in [0.1, 0.15) is 20.3 Å². The van der Waals surface area contributed by atoms with E-state index >= 15 is 0 Å². The first kappa shape index (κ1) is 15.8. The molecule has 0 saturated carbocycles. The Morgan fingerprint density at radius 3 is 2.33 bits per heavy atom. The van der Waals surface area contributed by atoms with Crippen molar-refractivity contribution >= 4 is 26.5 Å². The lowest BCUT2D eigenvalue weighted by Gasteiger charge is -2.19. The molecule has 0 fully saturated rings. The number of benzene rings is 2. The zero-order valence-corrected chi connectivity index (χ0v) is 13.5. The molecule has 0 atom stereocenters. The molecule has 0 aliphatic heterocycles. The smallest absolute Gasteiger partial charge is 0.243 e. The summed E-state index contributed by atoms with van der Waals surface area (Å²) in [5.74, 6) is 0.464. The third-order valence-electron chi connectivity index (χ3n) is 3.63. The number of nitrogens with zero attached hydrogens (tertiary/aromatic N) is 1. The monoisotopic (exact) mass is 306 g/mol. The van der Waals surface area contributed by atoms with Crippen LogP contribution in [0.3, 0.4) is 0 Å². The van der Waals surface area contributed by atoms with Gasteiger partial charge in [0.25, 0.3) is 0 Å². The van der Waals surface area contributed by atoms with Gasteiger partial charge in [-0.05, 0) is 24.5 Å². The molecule has 114 valence electrons. The van der Waals surface area contributed by atoms with Crippen molar-refractivity contribution in [2.45, 2.75) is 25.2 Å². The summed E-state index contributed by atoms with van der Waals surface area (Å²) in [6, 6.07) is 10.6. The van der Waals surface area contributed by atoms with Gasteiger partial charge in [0.15, 0.2) is 0 Å². The fourth-order valence-corrected chi connectivity index (χ4v) is 3.63. The van der Waals surface area contributed by atoms with Crippen molar-refractivity contribution in [1.29, 1.82) is 0 Å². The summed E-state index contributed by atoms with van der Waals surface area (Å²) in [4.78, 5) is 0.318. The minimum absolute atomic E-state index is 0.318. The van der Waals surface area contributed by atoms with Crippen LogP contribution in [0.5, 0.6) is 0 Å². The summed E-state index contributed by atoms with van der Waals surface area (Å²) >= 11 is 0. The predicted molar refractivity (Wildman–Crippen MR) is 87.6 cm³/mol. The number of sulfonamides is 1. The first-order valence-electron chi connectivity index (χ1n) is 7.07. The quantitative estimate of drug-likeness (QED) is 0.863. The Morgan fingerprint density at radius 2 is 1.71 bits per heavy atom. The molecule has 0 amide bonds. The first-order chi connectivity index (χ1) is 9.84. The fourth-order valence-electron chi connectivity index (χ4n) is 2.25. The highest BCUT2D eigenvalue weighted by molar-refractivity contribution is 7.89. The number of rotatable bonds is 5. The average Bonchev–Trinajstić information content (AvgIpc) is 2.45. The van der Waals surface area contributed by atoms with Gasteiger partial charge in [-0.25, -0.2) is 12.7 Å². The summed E-state index contributed by atoms with van der Waals surface area (Å²) in [5, 5.41) is 1.45. The Balaban J connectivity index is 2.48. The molecule has 0 aromatic heterocycles. The highest BCUT2D eigenvalue weighted by Gasteiger charge is 2.23. The van der Waals surface area contributed by atoms with Gasteiger partial charge in [0.1, 0.15) is 0 Å². The van der Waals surface area contributed by atoms with Crippen molar-refractivity contribution in [3.63, 3.8) is 0 Å². The third-order valence-corrected chi connectivity index (χ3v) is 5.54. The summed E-state index contributed by atoms with van der Waals surface area (Å²) in [6.45, 7) is 4.68. The SMILES string of the molecule is CC(C)CCN(C)S(=O)(=O)c1ccc(N)c2ccccc12. The molecule has 0 aliphatic rings. The van der Waals surface area contributed by atoms with Crippen molar-refractivity contribution in [3.05, 3.63) is 36.4 Å². The van der Waals surface area contributed by atoms with Gasteiger partial charge >= 0.3 is 0 Å². The molecule has 2 N–H and O–H groups in total. The van der Waals surface area contributed by atoms with Crippen molar-refractivity contribution in [1.82, 2.24) is 4.31 Å². The molecule has 0 aliphatic carbocycles. The van der Waals surface area contributed by atoms with Crippen LogP contribution < -0.4 is 5.73 Å². The zero-order valence-electron chi connectivity index (χ0n) is 12.7. The van der Waals surface area contributed by atoms with Crippen LogP contribution in [0.2, 0.25) is 0 Å². The predicted octanol–water partition coefficient (Wildman–Crippen LogP) is 3.09. The molecule has 2 rings (SSSR count). The molecular weight excluding hydrogens is 284 g/mol. The first-order valence-corrected chi connectivity index (χ1v) is 8.51. The van der Waals surface area contributed by atoms with Gasteiger partial charge in [0.05, 0.1) is 4.90 Å². The highest BCUT2D eigenvalue weighted by Crippen LogP contribution is 2.29. The number of fused-ring (bicyclic) bond motifs is 1. The van der Waals surface area contributed by atoms with Crippen molar-refractivity contribution in [2.75, 3.05) is 19.3 Å². The second-order valence-electron chi connectivity index (χ2n) is 5.71. The van der Waals surface area contributed by atoms with E-state index in [0.29, 0.717) is 28.4 Å². The van der Waals surface area contributed by atoms with Crippen molar-refractivity contribution in [2.24, 2.45) is 5.92 Å². The van der Waals surface area contributed by atoms with Crippen LogP contribution in [0.25, 0.3) is 10.8 Å². The summed E-state index contributed by atoms with van der Waals surface area (Å²) in [6.07, 6.45) is 0.836. The molecule has 0 saturated heterocycles. The van der Waals surface area contributed by atoms with E-state index in [0.717, 1.165) is 11.8 Å². The zero-order chi connectivity index (χ0) is 15.6. The van der Waals surface area contributed by atoms with E-state index in [4.69, 9.17) is 5.73 Å². The number of hydrogen-bond acceptors (Lipinski definition) is 3. The van der Waals surface area contributed by atoms with Gasteiger partial charge in [-0.1, -0.05) is 38.1 Å². The number of nitrogen functional groups attached to an aromatic ring is 1.